The Morgan fingerprint density at radius 1 is 1.09 bits per heavy atom. The molecule has 0 spiro atoms. The zero-order valence-corrected chi connectivity index (χ0v) is 22.3. The molecular weight excluding hydrogens is 428 g/mol. The van der Waals surface area contributed by atoms with Crippen LogP contribution in [0.25, 0.3) is 0 Å². The summed E-state index contributed by atoms with van der Waals surface area (Å²) in [5.41, 5.74) is 5.28. The molecule has 5 heteroatoms. The van der Waals surface area contributed by atoms with Crippen molar-refractivity contribution in [3.8, 4) is 11.5 Å². The lowest BCUT2D eigenvalue weighted by Gasteiger charge is -2.13. The van der Waals surface area contributed by atoms with Crippen LogP contribution in [0.1, 0.15) is 71.4 Å². The SMILES string of the molecule is COc1cc(C)c(OC)c(C/C=C(\C)C[C@@H](O)/C=C(\C)CC/C=C(\C)[C@H](O)C[C@@H]2OC2(C)C)c1. The third-order valence-electron chi connectivity index (χ3n) is 6.58. The molecule has 34 heavy (non-hydrogen) atoms. The highest BCUT2D eigenvalue weighted by molar-refractivity contribution is 5.47. The van der Waals surface area contributed by atoms with Crippen LogP contribution in [0.15, 0.2) is 47.1 Å². The van der Waals surface area contributed by atoms with Crippen molar-refractivity contribution in [2.45, 2.75) is 97.6 Å². The lowest BCUT2D eigenvalue weighted by Crippen LogP contribution is -2.15. The van der Waals surface area contributed by atoms with Gasteiger partial charge in [0.05, 0.1) is 38.1 Å². The van der Waals surface area contributed by atoms with E-state index in [0.717, 1.165) is 58.6 Å². The quantitative estimate of drug-likeness (QED) is 0.278. The van der Waals surface area contributed by atoms with Crippen LogP contribution < -0.4 is 9.47 Å². The minimum Gasteiger partial charge on any atom is -0.497 e. The van der Waals surface area contributed by atoms with Gasteiger partial charge in [0, 0.05) is 12.0 Å². The van der Waals surface area contributed by atoms with Crippen LogP contribution in [-0.2, 0) is 11.2 Å². The summed E-state index contributed by atoms with van der Waals surface area (Å²) in [6, 6.07) is 3.97. The highest BCUT2D eigenvalue weighted by Gasteiger charge is 2.48. The lowest BCUT2D eigenvalue weighted by molar-refractivity contribution is 0.184. The first kappa shape index (κ1) is 28.2. The first-order chi connectivity index (χ1) is 16.0. The number of methoxy groups -OCH3 is 2. The molecule has 1 aromatic rings. The summed E-state index contributed by atoms with van der Waals surface area (Å²) in [4.78, 5) is 0. The zero-order chi connectivity index (χ0) is 25.5. The van der Waals surface area contributed by atoms with Crippen LogP contribution in [0, 0.1) is 6.92 Å². The average molecular weight is 473 g/mol. The number of epoxide rings is 1. The molecule has 0 aromatic heterocycles. The molecule has 1 aromatic carbocycles. The van der Waals surface area contributed by atoms with E-state index in [4.69, 9.17) is 14.2 Å². The average Bonchev–Trinajstić information content (AvgIpc) is 3.36. The number of benzene rings is 1. The molecule has 0 saturated carbocycles. The number of allylic oxidation sites excluding steroid dienone is 3. The normalized spacial score (nSPS) is 20.2. The van der Waals surface area contributed by atoms with Crippen molar-refractivity contribution in [3.63, 3.8) is 0 Å². The van der Waals surface area contributed by atoms with Gasteiger partial charge in [0.2, 0.25) is 0 Å². The van der Waals surface area contributed by atoms with Gasteiger partial charge in [-0.25, -0.2) is 0 Å². The maximum absolute atomic E-state index is 10.5. The maximum Gasteiger partial charge on any atom is 0.125 e. The number of rotatable bonds is 13. The van der Waals surface area contributed by atoms with Crippen molar-refractivity contribution in [2.24, 2.45) is 0 Å². The molecule has 3 atom stereocenters. The van der Waals surface area contributed by atoms with Crippen LogP contribution >= 0.6 is 0 Å². The van der Waals surface area contributed by atoms with Gasteiger partial charge < -0.3 is 24.4 Å². The minimum atomic E-state index is -0.518. The summed E-state index contributed by atoms with van der Waals surface area (Å²) < 4.78 is 16.5. The minimum absolute atomic E-state index is 0.0950. The summed E-state index contributed by atoms with van der Waals surface area (Å²) in [5.74, 6) is 1.70. The van der Waals surface area contributed by atoms with E-state index in [1.165, 1.54) is 0 Å². The van der Waals surface area contributed by atoms with Crippen molar-refractivity contribution in [1.29, 1.82) is 0 Å². The predicted molar refractivity (Wildman–Crippen MR) is 139 cm³/mol. The van der Waals surface area contributed by atoms with Crippen molar-refractivity contribution < 1.29 is 24.4 Å². The van der Waals surface area contributed by atoms with Gasteiger partial charge in [0.1, 0.15) is 11.5 Å². The standard InChI is InChI=1S/C29H44O5/c1-19(10-9-11-21(3)26(31)18-27-29(5,6)34-27)14-24(30)15-20(2)12-13-23-17-25(32-7)16-22(4)28(23)33-8/h11-12,14,16-17,24,26-27,30-31H,9-10,13,15,18H2,1-8H3/b19-14+,20-12+,21-11+/t24-,26+,27-/m0/s1. The van der Waals surface area contributed by atoms with E-state index in [1.807, 2.05) is 45.9 Å². The second-order valence-corrected chi connectivity index (χ2v) is 10.1. The van der Waals surface area contributed by atoms with Crippen LogP contribution in [0.2, 0.25) is 0 Å². The zero-order valence-electron chi connectivity index (χ0n) is 22.3. The fourth-order valence-electron chi connectivity index (χ4n) is 4.26. The van der Waals surface area contributed by atoms with Gasteiger partial charge >= 0.3 is 0 Å². The van der Waals surface area contributed by atoms with Crippen LogP contribution in [0.3, 0.4) is 0 Å². The Kier molecular flexibility index (Phi) is 10.4. The largest absolute Gasteiger partial charge is 0.497 e. The van der Waals surface area contributed by atoms with Crippen LogP contribution in [0.4, 0.5) is 0 Å². The number of hydrogen-bond donors (Lipinski definition) is 2. The first-order valence-electron chi connectivity index (χ1n) is 12.2. The smallest absolute Gasteiger partial charge is 0.125 e. The molecule has 1 aliphatic rings. The Bertz CT molecular complexity index is 909. The van der Waals surface area contributed by atoms with Crippen molar-refractivity contribution >= 4 is 0 Å². The molecule has 2 N–H and O–H groups in total. The van der Waals surface area contributed by atoms with Gasteiger partial charge in [-0.05, 0) is 90.5 Å². The lowest BCUT2D eigenvalue weighted by atomic mass is 9.99. The Hall–Kier alpha value is -2.08. The summed E-state index contributed by atoms with van der Waals surface area (Å²) in [5, 5.41) is 20.9. The van der Waals surface area contributed by atoms with Crippen LogP contribution in [0.5, 0.6) is 11.5 Å². The molecule has 0 unspecified atom stereocenters. The van der Waals surface area contributed by atoms with Gasteiger partial charge in [0.15, 0.2) is 0 Å². The molecule has 1 aliphatic heterocycles. The summed E-state index contributed by atoms with van der Waals surface area (Å²) in [6.07, 6.45) is 9.01. The van der Waals surface area contributed by atoms with Gasteiger partial charge in [-0.15, -0.1) is 0 Å². The van der Waals surface area contributed by atoms with Gasteiger partial charge in [0.25, 0.3) is 0 Å². The Morgan fingerprint density at radius 3 is 2.35 bits per heavy atom. The number of aryl methyl sites for hydroxylation is 1. The molecule has 0 aliphatic carbocycles. The van der Waals surface area contributed by atoms with E-state index in [1.54, 1.807) is 14.2 Å². The highest BCUT2D eigenvalue weighted by atomic mass is 16.6. The van der Waals surface area contributed by atoms with Crippen molar-refractivity contribution in [1.82, 2.24) is 0 Å². The molecule has 0 bridgehead atoms. The fraction of sp³-hybridized carbons (Fsp3) is 0.586. The molecule has 1 fully saturated rings. The summed E-state index contributed by atoms with van der Waals surface area (Å²) in [7, 11) is 3.35. The predicted octanol–water partition coefficient (Wildman–Crippen LogP) is 5.85. The third kappa shape index (κ3) is 8.61. The molecule has 2 rings (SSSR count). The molecular formula is C29H44O5. The van der Waals surface area contributed by atoms with Gasteiger partial charge in [-0.2, -0.15) is 0 Å². The van der Waals surface area contributed by atoms with Gasteiger partial charge in [-0.1, -0.05) is 29.4 Å². The Balaban J connectivity index is 1.84. The van der Waals surface area contributed by atoms with E-state index in [9.17, 15) is 10.2 Å². The van der Waals surface area contributed by atoms with Crippen LogP contribution in [-0.4, -0.2) is 48.3 Å². The second kappa shape index (κ2) is 12.6. The maximum atomic E-state index is 10.5. The van der Waals surface area contributed by atoms with Crippen molar-refractivity contribution in [2.75, 3.05) is 14.2 Å². The van der Waals surface area contributed by atoms with E-state index < -0.39 is 12.2 Å². The molecule has 0 radical (unpaired) electrons. The molecule has 0 amide bonds. The Morgan fingerprint density at radius 2 is 1.76 bits per heavy atom. The van der Waals surface area contributed by atoms with Gasteiger partial charge in [-0.3, -0.25) is 0 Å². The number of ether oxygens (including phenoxy) is 3. The Labute approximate surface area is 206 Å². The molecule has 1 heterocycles. The molecule has 5 nitrogen and oxygen atoms in total. The fourth-order valence-corrected chi connectivity index (χ4v) is 4.26. The number of aliphatic hydroxyl groups is 2. The van der Waals surface area contributed by atoms with E-state index in [0.29, 0.717) is 12.8 Å². The van der Waals surface area contributed by atoms with Crippen molar-refractivity contribution in [3.05, 3.63) is 58.2 Å². The highest BCUT2D eigenvalue weighted by Crippen LogP contribution is 2.39. The summed E-state index contributed by atoms with van der Waals surface area (Å²) in [6.45, 7) is 12.2. The van der Waals surface area contributed by atoms with E-state index in [2.05, 4.69) is 26.0 Å². The molecule has 190 valence electrons. The third-order valence-corrected chi connectivity index (χ3v) is 6.58. The van der Waals surface area contributed by atoms with E-state index >= 15 is 0 Å². The summed E-state index contributed by atoms with van der Waals surface area (Å²) >= 11 is 0. The number of hydrogen-bond acceptors (Lipinski definition) is 5. The topological polar surface area (TPSA) is 71.5 Å². The number of aliphatic hydroxyl groups excluding tert-OH is 2. The first-order valence-corrected chi connectivity index (χ1v) is 12.2. The van der Waals surface area contributed by atoms with E-state index in [-0.39, 0.29) is 11.7 Å². The second-order valence-electron chi connectivity index (χ2n) is 10.1. The monoisotopic (exact) mass is 472 g/mol. The molecule has 1 saturated heterocycles.